The maximum absolute atomic E-state index is 12.5. The third kappa shape index (κ3) is 5.55. The number of amides is 1. The molecule has 2 saturated heterocycles. The lowest BCUT2D eigenvalue weighted by atomic mass is 10.1. The molecule has 2 aliphatic heterocycles. The van der Waals surface area contributed by atoms with E-state index in [1.165, 1.54) is 11.0 Å². The van der Waals surface area contributed by atoms with Crippen LogP contribution in [0.2, 0.25) is 0 Å². The van der Waals surface area contributed by atoms with Crippen molar-refractivity contribution in [2.45, 2.75) is 13.5 Å². The van der Waals surface area contributed by atoms with Crippen LogP contribution >= 0.6 is 11.3 Å². The van der Waals surface area contributed by atoms with E-state index in [2.05, 4.69) is 26.1 Å². The van der Waals surface area contributed by atoms with E-state index in [0.717, 1.165) is 65.2 Å². The third-order valence-corrected chi connectivity index (χ3v) is 8.29. The number of hydrogen-bond acceptors (Lipinski definition) is 10. The molecule has 12 heteroatoms. The summed E-state index contributed by atoms with van der Waals surface area (Å²) in [5, 5.41) is 8.24. The highest BCUT2D eigenvalue weighted by molar-refractivity contribution is 7.19. The molecule has 0 saturated carbocycles. The Hall–Kier alpha value is -3.87. The molecule has 0 atom stereocenters. The summed E-state index contributed by atoms with van der Waals surface area (Å²) < 4.78 is 11.7. The van der Waals surface area contributed by atoms with Gasteiger partial charge < -0.3 is 19.3 Å². The second kappa shape index (κ2) is 11.7. The van der Waals surface area contributed by atoms with Gasteiger partial charge in [-0.3, -0.25) is 14.8 Å². The molecule has 0 radical (unpaired) electrons. The molecule has 0 spiro atoms. The molecule has 11 nitrogen and oxygen atoms in total. The third-order valence-electron chi connectivity index (χ3n) is 7.19. The average molecular weight is 562 g/mol. The monoisotopic (exact) mass is 561 g/mol. The van der Waals surface area contributed by atoms with E-state index < -0.39 is 5.97 Å². The lowest BCUT2D eigenvalue weighted by Gasteiger charge is -2.34. The number of morpholine rings is 1. The molecule has 6 rings (SSSR count). The van der Waals surface area contributed by atoms with Crippen LogP contribution in [0.5, 0.6) is 0 Å². The van der Waals surface area contributed by atoms with Crippen molar-refractivity contribution in [3.8, 4) is 11.4 Å². The van der Waals surface area contributed by atoms with Crippen LogP contribution in [-0.4, -0.2) is 101 Å². The summed E-state index contributed by atoms with van der Waals surface area (Å²) in [4.78, 5) is 41.7. The van der Waals surface area contributed by atoms with Gasteiger partial charge in [0.2, 0.25) is 0 Å². The second-order valence-corrected chi connectivity index (χ2v) is 10.9. The first kappa shape index (κ1) is 26.4. The van der Waals surface area contributed by atoms with Gasteiger partial charge >= 0.3 is 5.97 Å². The van der Waals surface area contributed by atoms with Gasteiger partial charge in [-0.1, -0.05) is 18.2 Å². The fourth-order valence-electron chi connectivity index (χ4n) is 5.10. The number of aromatic amines is 1. The van der Waals surface area contributed by atoms with Crippen molar-refractivity contribution < 1.29 is 19.1 Å². The Bertz CT molecular complexity index is 1550. The van der Waals surface area contributed by atoms with Crippen molar-refractivity contribution in [3.05, 3.63) is 47.5 Å². The zero-order chi connectivity index (χ0) is 27.5. The minimum absolute atomic E-state index is 0.162. The van der Waals surface area contributed by atoms with E-state index in [9.17, 15) is 9.59 Å². The number of hydrogen-bond donors (Lipinski definition) is 1. The largest absolute Gasteiger partial charge is 0.452 e. The Morgan fingerprint density at radius 2 is 1.95 bits per heavy atom. The molecule has 208 valence electrons. The smallest absolute Gasteiger partial charge is 0.330 e. The number of carbonyl (C=O) groups is 2. The Kier molecular flexibility index (Phi) is 7.71. The number of rotatable bonds is 7. The number of thiophene rings is 1. The highest BCUT2D eigenvalue weighted by Gasteiger charge is 2.24. The van der Waals surface area contributed by atoms with Gasteiger partial charge in [0.1, 0.15) is 0 Å². The topological polar surface area (TPSA) is 117 Å². The number of benzene rings is 1. The lowest BCUT2D eigenvalue weighted by molar-refractivity contribution is -0.149. The quantitative estimate of drug-likeness (QED) is 0.269. The molecule has 0 bridgehead atoms. The van der Waals surface area contributed by atoms with Crippen LogP contribution in [-0.2, 0) is 25.6 Å². The Labute approximate surface area is 235 Å². The zero-order valence-electron chi connectivity index (χ0n) is 22.3. The number of carbonyl (C=O) groups excluding carboxylic acids is 2. The maximum atomic E-state index is 12.5. The molecule has 40 heavy (non-hydrogen) atoms. The van der Waals surface area contributed by atoms with Gasteiger partial charge in [-0.05, 0) is 19.1 Å². The molecular formula is C28H31N7O4S. The van der Waals surface area contributed by atoms with E-state index in [1.54, 1.807) is 29.2 Å². The molecule has 5 heterocycles. The molecule has 1 amide bonds. The fourth-order valence-corrected chi connectivity index (χ4v) is 6.25. The van der Waals surface area contributed by atoms with Gasteiger partial charge in [-0.25, -0.2) is 14.8 Å². The maximum Gasteiger partial charge on any atom is 0.330 e. The summed E-state index contributed by atoms with van der Waals surface area (Å²) in [7, 11) is 0. The fraction of sp³-hybridized carbons (Fsp3) is 0.393. The standard InChI is InChI=1S/C28H31N7O4S/c1-2-4-25(37)39-18-24(36)34-9-7-33(8-10-34)17-19-15-23-26(40-19)28(35-11-13-38-14-12-35)31-27(30-23)20-5-3-6-22-21(20)16-29-32-22/h2-6,15-16H,7-14,17-18H2,1H3,(H,29,32)/b4-2+. The predicted molar refractivity (Wildman–Crippen MR) is 153 cm³/mol. The second-order valence-electron chi connectivity index (χ2n) is 9.80. The first-order chi connectivity index (χ1) is 19.6. The van der Waals surface area contributed by atoms with Crippen LogP contribution in [0, 0.1) is 0 Å². The summed E-state index contributed by atoms with van der Waals surface area (Å²) in [6.45, 7) is 7.90. The predicted octanol–water partition coefficient (Wildman–Crippen LogP) is 2.83. The average Bonchev–Trinajstić information content (AvgIpc) is 3.63. The number of ether oxygens (including phenoxy) is 2. The molecule has 0 unspecified atom stereocenters. The molecule has 3 aromatic heterocycles. The zero-order valence-corrected chi connectivity index (χ0v) is 23.2. The van der Waals surface area contributed by atoms with Gasteiger partial charge in [0.05, 0.1) is 35.1 Å². The van der Waals surface area contributed by atoms with Crippen LogP contribution in [0.3, 0.4) is 0 Å². The van der Waals surface area contributed by atoms with Crippen molar-refractivity contribution in [3.63, 3.8) is 0 Å². The SMILES string of the molecule is C/C=C/C(=O)OCC(=O)N1CCN(Cc2cc3nc(-c4cccc5[nH]ncc45)nc(N4CCOCC4)c3s2)CC1. The summed E-state index contributed by atoms with van der Waals surface area (Å²) in [6.07, 6.45) is 4.73. The van der Waals surface area contributed by atoms with Crippen LogP contribution in [0.4, 0.5) is 5.82 Å². The van der Waals surface area contributed by atoms with Gasteiger partial charge in [0.15, 0.2) is 18.2 Å². The number of piperazine rings is 1. The Morgan fingerprint density at radius 3 is 2.75 bits per heavy atom. The van der Waals surface area contributed by atoms with Crippen molar-refractivity contribution in [1.82, 2.24) is 30.0 Å². The first-order valence-electron chi connectivity index (χ1n) is 13.4. The summed E-state index contributed by atoms with van der Waals surface area (Å²) >= 11 is 1.73. The van der Waals surface area contributed by atoms with E-state index in [-0.39, 0.29) is 12.5 Å². The Morgan fingerprint density at radius 1 is 1.12 bits per heavy atom. The van der Waals surface area contributed by atoms with E-state index in [0.29, 0.717) is 32.1 Å². The normalized spacial score (nSPS) is 16.8. The van der Waals surface area contributed by atoms with E-state index in [4.69, 9.17) is 19.4 Å². The van der Waals surface area contributed by atoms with Crippen molar-refractivity contribution >= 4 is 50.2 Å². The molecule has 1 aromatic carbocycles. The van der Waals surface area contributed by atoms with Crippen LogP contribution in [0.25, 0.3) is 32.5 Å². The van der Waals surface area contributed by atoms with Gasteiger partial charge in [-0.15, -0.1) is 11.3 Å². The van der Waals surface area contributed by atoms with Crippen LogP contribution in [0.1, 0.15) is 11.8 Å². The summed E-state index contributed by atoms with van der Waals surface area (Å²) in [6, 6.07) is 8.20. The molecular weight excluding hydrogens is 530 g/mol. The summed E-state index contributed by atoms with van der Waals surface area (Å²) in [5.74, 6) is 0.976. The van der Waals surface area contributed by atoms with E-state index >= 15 is 0 Å². The summed E-state index contributed by atoms with van der Waals surface area (Å²) in [5.41, 5.74) is 2.84. The number of esters is 1. The number of anilines is 1. The number of fused-ring (bicyclic) bond motifs is 2. The first-order valence-corrected chi connectivity index (χ1v) is 14.3. The van der Waals surface area contributed by atoms with Crippen molar-refractivity contribution in [2.24, 2.45) is 0 Å². The minimum Gasteiger partial charge on any atom is -0.452 e. The highest BCUT2D eigenvalue weighted by atomic mass is 32.1. The molecule has 4 aromatic rings. The number of aromatic nitrogens is 4. The molecule has 2 aliphatic rings. The number of nitrogens with zero attached hydrogens (tertiary/aromatic N) is 6. The molecule has 0 aliphatic carbocycles. The lowest BCUT2D eigenvalue weighted by Crippen LogP contribution is -2.49. The Balaban J connectivity index is 1.21. The number of allylic oxidation sites excluding steroid dienone is 1. The van der Waals surface area contributed by atoms with Gasteiger partial charge in [0, 0.05) is 67.7 Å². The van der Waals surface area contributed by atoms with Crippen LogP contribution in [0.15, 0.2) is 42.6 Å². The van der Waals surface area contributed by atoms with Crippen LogP contribution < -0.4 is 4.90 Å². The van der Waals surface area contributed by atoms with Gasteiger partial charge in [-0.2, -0.15) is 5.10 Å². The highest BCUT2D eigenvalue weighted by Crippen LogP contribution is 2.36. The molecule has 2 fully saturated rings. The molecule has 1 N–H and O–H groups in total. The number of H-pyrrole nitrogens is 1. The van der Waals surface area contributed by atoms with Crippen molar-refractivity contribution in [1.29, 1.82) is 0 Å². The van der Waals surface area contributed by atoms with Crippen molar-refractivity contribution in [2.75, 3.05) is 64.0 Å². The number of nitrogens with one attached hydrogen (secondary N) is 1. The minimum atomic E-state index is -0.497. The van der Waals surface area contributed by atoms with Gasteiger partial charge in [0.25, 0.3) is 5.91 Å². The van der Waals surface area contributed by atoms with E-state index in [1.807, 2.05) is 24.4 Å².